The number of sulfonamides is 2. The minimum Gasteiger partial charge on any atom is -0.322 e. The Hall–Kier alpha value is -2.27. The largest absolute Gasteiger partial charge is 0.322 e. The molecule has 1 saturated heterocycles. The molecule has 1 N–H and O–H groups in total. The summed E-state index contributed by atoms with van der Waals surface area (Å²) in [5.41, 5.74) is 0.489. The first kappa shape index (κ1) is 23.4. The normalized spacial score (nSPS) is 15.3. The number of carbonyl (C=O) groups is 1. The molecule has 10 heteroatoms. The maximum Gasteiger partial charge on any atom is 0.255 e. The van der Waals surface area contributed by atoms with Crippen LogP contribution in [0.4, 0.5) is 5.69 Å². The number of nitrogens with one attached hydrogen (secondary N) is 1. The maximum atomic E-state index is 12.8. The predicted molar refractivity (Wildman–Crippen MR) is 119 cm³/mol. The molecule has 0 aliphatic carbocycles. The smallest absolute Gasteiger partial charge is 0.255 e. The minimum absolute atomic E-state index is 0.0363. The van der Waals surface area contributed by atoms with Crippen LogP contribution >= 0.6 is 0 Å². The summed E-state index contributed by atoms with van der Waals surface area (Å²) >= 11 is 0. The zero-order chi connectivity index (χ0) is 22.6. The van der Waals surface area contributed by atoms with E-state index in [0.29, 0.717) is 31.9 Å². The average molecular weight is 466 g/mol. The van der Waals surface area contributed by atoms with Gasteiger partial charge in [-0.2, -0.15) is 8.61 Å². The molecular weight excluding hydrogens is 438 g/mol. The Kier molecular flexibility index (Phi) is 7.15. The minimum atomic E-state index is -3.70. The first-order chi connectivity index (χ1) is 14.7. The molecule has 2 aromatic carbocycles. The van der Waals surface area contributed by atoms with Crippen molar-refractivity contribution in [2.45, 2.75) is 36.5 Å². The van der Waals surface area contributed by atoms with Crippen molar-refractivity contribution in [2.24, 2.45) is 0 Å². The summed E-state index contributed by atoms with van der Waals surface area (Å²) in [6, 6.07) is 11.9. The van der Waals surface area contributed by atoms with E-state index >= 15 is 0 Å². The van der Waals surface area contributed by atoms with Crippen molar-refractivity contribution in [2.75, 3.05) is 31.5 Å². The van der Waals surface area contributed by atoms with Crippen molar-refractivity contribution < 1.29 is 21.6 Å². The van der Waals surface area contributed by atoms with E-state index in [-0.39, 0.29) is 15.4 Å². The monoisotopic (exact) mass is 465 g/mol. The average Bonchev–Trinajstić information content (AvgIpc) is 3.30. The van der Waals surface area contributed by atoms with Gasteiger partial charge in [0.05, 0.1) is 9.79 Å². The summed E-state index contributed by atoms with van der Waals surface area (Å²) in [4.78, 5) is 12.9. The van der Waals surface area contributed by atoms with Gasteiger partial charge in [0, 0.05) is 37.4 Å². The number of rotatable bonds is 8. The Bertz CT molecular complexity index is 1150. The Morgan fingerprint density at radius 2 is 1.55 bits per heavy atom. The van der Waals surface area contributed by atoms with Gasteiger partial charge in [0.25, 0.3) is 5.91 Å². The molecule has 0 unspecified atom stereocenters. The van der Waals surface area contributed by atoms with Gasteiger partial charge in [0.1, 0.15) is 0 Å². The van der Waals surface area contributed by atoms with E-state index in [1.165, 1.54) is 45.0 Å². The van der Waals surface area contributed by atoms with Crippen molar-refractivity contribution >= 4 is 31.6 Å². The molecule has 0 radical (unpaired) electrons. The van der Waals surface area contributed by atoms with Crippen LogP contribution in [-0.2, 0) is 20.0 Å². The second-order valence-corrected chi connectivity index (χ2v) is 11.1. The highest BCUT2D eigenvalue weighted by atomic mass is 32.2. The fourth-order valence-electron chi connectivity index (χ4n) is 3.53. The molecule has 1 amide bonds. The standard InChI is InChI=1S/C21H27N3O5S2/c1-3-23(4-2)30(26,27)19-11-7-9-17(15-19)21(25)22-18-10-8-12-20(16-18)31(28,29)24-13-5-6-14-24/h7-12,15-16H,3-6,13-14H2,1-2H3,(H,22,25). The first-order valence-corrected chi connectivity index (χ1v) is 13.1. The summed E-state index contributed by atoms with van der Waals surface area (Å²) in [5.74, 6) is -0.521. The Labute approximate surface area is 184 Å². The van der Waals surface area contributed by atoms with Gasteiger partial charge in [0.15, 0.2) is 0 Å². The molecule has 1 aliphatic heterocycles. The number of hydrogen-bond acceptors (Lipinski definition) is 5. The highest BCUT2D eigenvalue weighted by Gasteiger charge is 2.27. The van der Waals surface area contributed by atoms with E-state index in [9.17, 15) is 21.6 Å². The Balaban J connectivity index is 1.83. The number of carbonyl (C=O) groups excluding carboxylic acids is 1. The molecule has 168 valence electrons. The third kappa shape index (κ3) is 4.98. The van der Waals surface area contributed by atoms with Gasteiger partial charge in [-0.3, -0.25) is 4.79 Å². The number of amides is 1. The van der Waals surface area contributed by atoms with Crippen molar-refractivity contribution in [3.63, 3.8) is 0 Å². The number of nitrogens with zero attached hydrogens (tertiary/aromatic N) is 2. The van der Waals surface area contributed by atoms with E-state index in [1.807, 2.05) is 0 Å². The molecule has 0 aromatic heterocycles. The second-order valence-electron chi connectivity index (χ2n) is 7.21. The molecule has 0 saturated carbocycles. The first-order valence-electron chi connectivity index (χ1n) is 10.2. The van der Waals surface area contributed by atoms with Crippen LogP contribution in [0.2, 0.25) is 0 Å². The van der Waals surface area contributed by atoms with Crippen molar-refractivity contribution in [3.8, 4) is 0 Å². The molecule has 1 fully saturated rings. The molecule has 0 spiro atoms. The lowest BCUT2D eigenvalue weighted by molar-refractivity contribution is 0.102. The zero-order valence-electron chi connectivity index (χ0n) is 17.6. The van der Waals surface area contributed by atoms with E-state index in [4.69, 9.17) is 0 Å². The molecule has 3 rings (SSSR count). The summed E-state index contributed by atoms with van der Waals surface area (Å²) in [6.07, 6.45) is 1.67. The van der Waals surface area contributed by atoms with Crippen LogP contribution in [0.1, 0.15) is 37.0 Å². The lowest BCUT2D eigenvalue weighted by Crippen LogP contribution is -2.30. The molecule has 0 atom stereocenters. The number of benzene rings is 2. The van der Waals surface area contributed by atoms with Crippen LogP contribution in [0, 0.1) is 0 Å². The van der Waals surface area contributed by atoms with Crippen molar-refractivity contribution in [1.82, 2.24) is 8.61 Å². The van der Waals surface area contributed by atoms with Gasteiger partial charge in [-0.25, -0.2) is 16.8 Å². The number of anilines is 1. The summed E-state index contributed by atoms with van der Waals surface area (Å²) < 4.78 is 53.7. The molecule has 31 heavy (non-hydrogen) atoms. The molecular formula is C21H27N3O5S2. The SMILES string of the molecule is CCN(CC)S(=O)(=O)c1cccc(C(=O)Nc2cccc(S(=O)(=O)N3CCCC3)c2)c1. The van der Waals surface area contributed by atoms with Gasteiger partial charge in [-0.1, -0.05) is 26.0 Å². The van der Waals surface area contributed by atoms with Crippen LogP contribution in [-0.4, -0.2) is 57.5 Å². The van der Waals surface area contributed by atoms with Gasteiger partial charge >= 0.3 is 0 Å². The van der Waals surface area contributed by atoms with Gasteiger partial charge in [0.2, 0.25) is 20.0 Å². The van der Waals surface area contributed by atoms with Crippen molar-refractivity contribution in [3.05, 3.63) is 54.1 Å². The van der Waals surface area contributed by atoms with E-state index < -0.39 is 26.0 Å². The Morgan fingerprint density at radius 3 is 2.19 bits per heavy atom. The van der Waals surface area contributed by atoms with Crippen molar-refractivity contribution in [1.29, 1.82) is 0 Å². The predicted octanol–water partition coefficient (Wildman–Crippen LogP) is 2.75. The fourth-order valence-corrected chi connectivity index (χ4v) is 6.59. The summed E-state index contributed by atoms with van der Waals surface area (Å²) in [5, 5.41) is 2.67. The number of hydrogen-bond donors (Lipinski definition) is 1. The molecule has 1 heterocycles. The van der Waals surface area contributed by atoms with E-state index in [0.717, 1.165) is 12.8 Å². The summed E-state index contributed by atoms with van der Waals surface area (Å²) in [6.45, 7) is 5.14. The van der Waals surface area contributed by atoms with Crippen LogP contribution in [0.5, 0.6) is 0 Å². The lowest BCUT2D eigenvalue weighted by atomic mass is 10.2. The topological polar surface area (TPSA) is 104 Å². The molecule has 1 aliphatic rings. The fraction of sp³-hybridized carbons (Fsp3) is 0.381. The molecule has 8 nitrogen and oxygen atoms in total. The van der Waals surface area contributed by atoms with Crippen LogP contribution < -0.4 is 5.32 Å². The zero-order valence-corrected chi connectivity index (χ0v) is 19.2. The van der Waals surface area contributed by atoms with E-state index in [1.54, 1.807) is 26.0 Å². The highest BCUT2D eigenvalue weighted by Crippen LogP contribution is 2.24. The van der Waals surface area contributed by atoms with Gasteiger partial charge in [-0.15, -0.1) is 0 Å². The molecule has 2 aromatic rings. The second kappa shape index (κ2) is 9.47. The van der Waals surface area contributed by atoms with Gasteiger partial charge < -0.3 is 5.32 Å². The molecule has 0 bridgehead atoms. The quantitative estimate of drug-likeness (QED) is 0.646. The Morgan fingerprint density at radius 1 is 0.935 bits per heavy atom. The van der Waals surface area contributed by atoms with Crippen LogP contribution in [0.15, 0.2) is 58.3 Å². The van der Waals surface area contributed by atoms with Crippen LogP contribution in [0.3, 0.4) is 0 Å². The highest BCUT2D eigenvalue weighted by molar-refractivity contribution is 7.89. The van der Waals surface area contributed by atoms with Gasteiger partial charge in [-0.05, 0) is 49.2 Å². The van der Waals surface area contributed by atoms with E-state index in [2.05, 4.69) is 5.32 Å². The third-order valence-corrected chi connectivity index (χ3v) is 9.17. The third-order valence-electron chi connectivity index (χ3n) is 5.23. The summed E-state index contributed by atoms with van der Waals surface area (Å²) in [7, 11) is -7.30. The van der Waals surface area contributed by atoms with Crippen LogP contribution in [0.25, 0.3) is 0 Å². The maximum absolute atomic E-state index is 12.8. The lowest BCUT2D eigenvalue weighted by Gasteiger charge is -2.18.